The molecule has 86 valence electrons. The number of nitrogens with zero attached hydrogens (tertiary/aromatic N) is 1. The molecular weight excluding hydrogens is 270 g/mol. The Hall–Kier alpha value is -0.880. The minimum Gasteiger partial charge on any atom is -0.391 e. The molecule has 3 rings (SSSR count). The Balaban J connectivity index is 1.89. The van der Waals surface area contributed by atoms with Crippen molar-refractivity contribution < 1.29 is 5.11 Å². The quantitative estimate of drug-likeness (QED) is 0.786. The molecule has 2 nitrogen and oxygen atoms in total. The average molecular weight is 279 g/mol. The molecule has 2 heterocycles. The highest BCUT2D eigenvalue weighted by Gasteiger charge is 2.06. The first-order valence-electron chi connectivity index (χ1n) is 5.08. The van der Waals surface area contributed by atoms with Gasteiger partial charge in [0.2, 0.25) is 0 Å². The van der Waals surface area contributed by atoms with Crippen LogP contribution in [0.4, 0.5) is 0 Å². The van der Waals surface area contributed by atoms with Crippen molar-refractivity contribution >= 4 is 44.7 Å². The lowest BCUT2D eigenvalue weighted by Crippen LogP contribution is -1.70. The summed E-state index contributed by atoms with van der Waals surface area (Å²) in [6.45, 7) is 0.116. The second kappa shape index (κ2) is 4.78. The molecule has 3 aromatic rings. The fourth-order valence-electron chi connectivity index (χ4n) is 1.48. The van der Waals surface area contributed by atoms with Gasteiger partial charge in [0, 0.05) is 4.88 Å². The van der Waals surface area contributed by atoms with Gasteiger partial charge in [-0.25, -0.2) is 4.98 Å². The highest BCUT2D eigenvalue weighted by atomic mass is 32.2. The SMILES string of the molecule is OCc1ccc(Sc2nc3ccccc3s2)s1. The largest absolute Gasteiger partial charge is 0.391 e. The predicted molar refractivity (Wildman–Crippen MR) is 74.0 cm³/mol. The van der Waals surface area contributed by atoms with Gasteiger partial charge < -0.3 is 5.11 Å². The molecular formula is C12H9NOS3. The highest BCUT2D eigenvalue weighted by molar-refractivity contribution is 8.02. The summed E-state index contributed by atoms with van der Waals surface area (Å²) in [5, 5.41) is 9.02. The minimum absolute atomic E-state index is 0.116. The number of thiophene rings is 1. The monoisotopic (exact) mass is 279 g/mol. The number of para-hydroxylation sites is 1. The van der Waals surface area contributed by atoms with Gasteiger partial charge in [0.1, 0.15) is 0 Å². The molecule has 0 atom stereocenters. The van der Waals surface area contributed by atoms with Gasteiger partial charge in [-0.2, -0.15) is 0 Å². The van der Waals surface area contributed by atoms with Gasteiger partial charge in [0.15, 0.2) is 4.34 Å². The van der Waals surface area contributed by atoms with Crippen LogP contribution >= 0.6 is 34.4 Å². The zero-order chi connectivity index (χ0) is 11.7. The van der Waals surface area contributed by atoms with E-state index >= 15 is 0 Å². The maximum atomic E-state index is 9.02. The van der Waals surface area contributed by atoms with Gasteiger partial charge in [0.05, 0.1) is 21.0 Å². The maximum Gasteiger partial charge on any atom is 0.156 e. The summed E-state index contributed by atoms with van der Waals surface area (Å²) in [6, 6.07) is 12.1. The summed E-state index contributed by atoms with van der Waals surface area (Å²) >= 11 is 4.99. The lowest BCUT2D eigenvalue weighted by molar-refractivity contribution is 0.285. The van der Waals surface area contributed by atoms with E-state index in [1.165, 1.54) is 8.91 Å². The Morgan fingerprint density at radius 1 is 1.12 bits per heavy atom. The Kier molecular flexibility index (Phi) is 3.15. The Morgan fingerprint density at radius 3 is 2.76 bits per heavy atom. The van der Waals surface area contributed by atoms with E-state index in [2.05, 4.69) is 11.1 Å². The number of hydrogen-bond acceptors (Lipinski definition) is 5. The second-order valence-electron chi connectivity index (χ2n) is 3.43. The van der Waals surface area contributed by atoms with Crippen molar-refractivity contribution in [3.05, 3.63) is 41.3 Å². The third-order valence-corrected chi connectivity index (χ3v) is 5.55. The van der Waals surface area contributed by atoms with Gasteiger partial charge in [-0.05, 0) is 36.0 Å². The van der Waals surface area contributed by atoms with E-state index in [0.29, 0.717) is 0 Å². The lowest BCUT2D eigenvalue weighted by Gasteiger charge is -1.89. The Morgan fingerprint density at radius 2 is 2.00 bits per heavy atom. The molecule has 0 aliphatic carbocycles. The zero-order valence-electron chi connectivity index (χ0n) is 8.79. The molecule has 0 spiro atoms. The molecule has 0 aliphatic rings. The first kappa shape index (κ1) is 11.2. The smallest absolute Gasteiger partial charge is 0.156 e. The van der Waals surface area contributed by atoms with Gasteiger partial charge in [-0.15, -0.1) is 22.7 Å². The van der Waals surface area contributed by atoms with Crippen molar-refractivity contribution in [1.29, 1.82) is 0 Å². The summed E-state index contributed by atoms with van der Waals surface area (Å²) in [5.74, 6) is 0. The van der Waals surface area contributed by atoms with Gasteiger partial charge >= 0.3 is 0 Å². The van der Waals surface area contributed by atoms with Crippen LogP contribution in [-0.4, -0.2) is 10.1 Å². The molecule has 0 saturated heterocycles. The predicted octanol–water partition coefficient (Wildman–Crippen LogP) is 4.00. The van der Waals surface area contributed by atoms with Crippen LogP contribution in [0.5, 0.6) is 0 Å². The van der Waals surface area contributed by atoms with E-state index in [1.54, 1.807) is 34.4 Å². The highest BCUT2D eigenvalue weighted by Crippen LogP contribution is 2.37. The van der Waals surface area contributed by atoms with Crippen molar-refractivity contribution in [2.75, 3.05) is 0 Å². The lowest BCUT2D eigenvalue weighted by atomic mass is 10.3. The summed E-state index contributed by atoms with van der Waals surface area (Å²) in [4.78, 5) is 5.56. The molecule has 5 heteroatoms. The van der Waals surface area contributed by atoms with Crippen LogP contribution in [0.2, 0.25) is 0 Å². The molecule has 1 N–H and O–H groups in total. The standard InChI is InChI=1S/C12H9NOS3/c14-7-8-5-6-11(15-8)17-12-13-9-3-1-2-4-10(9)16-12/h1-6,14H,7H2. The normalized spacial score (nSPS) is 11.1. The van der Waals surface area contributed by atoms with Crippen LogP contribution in [0, 0.1) is 0 Å². The molecule has 2 aromatic heterocycles. The van der Waals surface area contributed by atoms with Crippen molar-refractivity contribution in [3.8, 4) is 0 Å². The number of aromatic nitrogens is 1. The van der Waals surface area contributed by atoms with Crippen LogP contribution < -0.4 is 0 Å². The number of aliphatic hydroxyl groups excluding tert-OH is 1. The molecule has 17 heavy (non-hydrogen) atoms. The van der Waals surface area contributed by atoms with E-state index in [9.17, 15) is 0 Å². The van der Waals surface area contributed by atoms with Gasteiger partial charge in [-0.3, -0.25) is 0 Å². The van der Waals surface area contributed by atoms with Crippen LogP contribution in [0.15, 0.2) is 44.9 Å². The zero-order valence-corrected chi connectivity index (χ0v) is 11.2. The molecule has 0 saturated carbocycles. The Bertz CT molecular complexity index is 611. The van der Waals surface area contributed by atoms with Crippen LogP contribution in [-0.2, 0) is 6.61 Å². The van der Waals surface area contributed by atoms with E-state index in [4.69, 9.17) is 5.11 Å². The fourth-order valence-corrected chi connectivity index (χ4v) is 4.81. The molecule has 0 fully saturated rings. The Labute approximate surface area is 111 Å². The average Bonchev–Trinajstić information content (AvgIpc) is 2.94. The minimum atomic E-state index is 0.116. The summed E-state index contributed by atoms with van der Waals surface area (Å²) < 4.78 is 3.44. The van der Waals surface area contributed by atoms with E-state index in [-0.39, 0.29) is 6.61 Å². The van der Waals surface area contributed by atoms with Crippen LogP contribution in [0.3, 0.4) is 0 Å². The topological polar surface area (TPSA) is 33.1 Å². The van der Waals surface area contributed by atoms with E-state index < -0.39 is 0 Å². The number of fused-ring (bicyclic) bond motifs is 1. The van der Waals surface area contributed by atoms with Gasteiger partial charge in [0.25, 0.3) is 0 Å². The number of thiazole rings is 1. The van der Waals surface area contributed by atoms with Crippen molar-refractivity contribution in [1.82, 2.24) is 4.98 Å². The second-order valence-corrected chi connectivity index (χ2v) is 7.17. The first-order valence-corrected chi connectivity index (χ1v) is 7.53. The first-order chi connectivity index (χ1) is 8.35. The summed E-state index contributed by atoms with van der Waals surface area (Å²) in [5.41, 5.74) is 1.05. The van der Waals surface area contributed by atoms with Crippen LogP contribution in [0.1, 0.15) is 4.88 Å². The maximum absolute atomic E-state index is 9.02. The molecule has 0 aliphatic heterocycles. The van der Waals surface area contributed by atoms with Crippen LogP contribution in [0.25, 0.3) is 10.2 Å². The third kappa shape index (κ3) is 2.37. The summed E-state index contributed by atoms with van der Waals surface area (Å²) in [6.07, 6.45) is 0. The number of rotatable bonds is 3. The van der Waals surface area contributed by atoms with Crippen molar-refractivity contribution in [2.45, 2.75) is 15.2 Å². The van der Waals surface area contributed by atoms with Gasteiger partial charge in [-0.1, -0.05) is 12.1 Å². The molecule has 0 bridgehead atoms. The van der Waals surface area contributed by atoms with Crippen molar-refractivity contribution in [3.63, 3.8) is 0 Å². The summed E-state index contributed by atoms with van der Waals surface area (Å²) in [7, 11) is 0. The van der Waals surface area contributed by atoms with Crippen molar-refractivity contribution in [2.24, 2.45) is 0 Å². The third-order valence-electron chi connectivity index (χ3n) is 2.25. The van der Waals surface area contributed by atoms with E-state index in [0.717, 1.165) is 14.7 Å². The molecule has 0 amide bonds. The number of benzene rings is 1. The molecule has 1 aromatic carbocycles. The van der Waals surface area contributed by atoms with E-state index in [1.807, 2.05) is 30.3 Å². The molecule has 0 unspecified atom stereocenters. The fraction of sp³-hybridized carbons (Fsp3) is 0.0833. The molecule has 0 radical (unpaired) electrons. The number of hydrogen-bond donors (Lipinski definition) is 1. The number of aliphatic hydroxyl groups is 1.